The topological polar surface area (TPSA) is 0 Å². The van der Waals surface area contributed by atoms with Gasteiger partial charge >= 0.3 is 0 Å². The molecule has 3 unspecified atom stereocenters. The van der Waals surface area contributed by atoms with Gasteiger partial charge in [0.05, 0.1) is 0 Å². The Morgan fingerprint density at radius 1 is 1.33 bits per heavy atom. The van der Waals surface area contributed by atoms with Crippen LogP contribution in [0.1, 0.15) is 26.7 Å². The van der Waals surface area contributed by atoms with Crippen molar-refractivity contribution in [3.8, 4) is 0 Å². The van der Waals surface area contributed by atoms with E-state index in [2.05, 4.69) is 32.1 Å². The van der Waals surface area contributed by atoms with Gasteiger partial charge in [-0.1, -0.05) is 37.6 Å². The Balaban J connectivity index is 1.99. The van der Waals surface area contributed by atoms with Gasteiger partial charge in [0, 0.05) is 0 Å². The highest BCUT2D eigenvalue weighted by Crippen LogP contribution is 2.63. The summed E-state index contributed by atoms with van der Waals surface area (Å²) < 4.78 is 0. The van der Waals surface area contributed by atoms with Crippen LogP contribution in [0.5, 0.6) is 0 Å². The molecule has 3 fully saturated rings. The van der Waals surface area contributed by atoms with Crippen LogP contribution in [0.25, 0.3) is 0 Å². The average molecular weight is 160 g/mol. The summed E-state index contributed by atoms with van der Waals surface area (Å²) in [5.74, 6) is 2.76. The van der Waals surface area contributed by atoms with Crippen molar-refractivity contribution in [2.45, 2.75) is 26.7 Å². The molecule has 0 heteroatoms. The number of rotatable bonds is 0. The van der Waals surface area contributed by atoms with Crippen LogP contribution in [0, 0.1) is 23.2 Å². The van der Waals surface area contributed by atoms with Crippen molar-refractivity contribution in [1.29, 1.82) is 0 Å². The Morgan fingerprint density at radius 3 is 2.92 bits per heavy atom. The highest BCUT2D eigenvalue weighted by Gasteiger charge is 2.54. The lowest BCUT2D eigenvalue weighted by Gasteiger charge is -2.59. The molecule has 0 amide bonds. The van der Waals surface area contributed by atoms with Gasteiger partial charge in [0.2, 0.25) is 0 Å². The minimum Gasteiger partial charge on any atom is -0.0773 e. The van der Waals surface area contributed by atoms with E-state index in [1.54, 1.807) is 5.57 Å². The lowest BCUT2D eigenvalue weighted by atomic mass is 9.45. The van der Waals surface area contributed by atoms with Crippen molar-refractivity contribution >= 4 is 0 Å². The van der Waals surface area contributed by atoms with Crippen molar-refractivity contribution in [2.24, 2.45) is 23.2 Å². The molecule has 0 heterocycles. The molecule has 0 saturated heterocycles. The molecule has 0 nitrogen and oxygen atoms in total. The normalized spacial score (nSPS) is 46.5. The summed E-state index contributed by atoms with van der Waals surface area (Å²) in [6, 6.07) is 0. The lowest BCUT2D eigenvalue weighted by molar-refractivity contribution is -0.0390. The Morgan fingerprint density at radius 2 is 2.17 bits per heavy atom. The van der Waals surface area contributed by atoms with E-state index in [-0.39, 0.29) is 0 Å². The van der Waals surface area contributed by atoms with Gasteiger partial charge in [-0.3, -0.25) is 0 Å². The first-order chi connectivity index (χ1) is 5.69. The monoisotopic (exact) mass is 160 g/mol. The van der Waals surface area contributed by atoms with Gasteiger partial charge in [0.15, 0.2) is 0 Å². The summed E-state index contributed by atoms with van der Waals surface area (Å²) in [7, 11) is 0. The SMILES string of the molecule is CC1(C)C2CC3C=CC=C3C1C2. The quantitative estimate of drug-likeness (QED) is 0.510. The summed E-state index contributed by atoms with van der Waals surface area (Å²) in [4.78, 5) is 0. The summed E-state index contributed by atoms with van der Waals surface area (Å²) in [6.45, 7) is 4.89. The molecule has 4 aliphatic rings. The Labute approximate surface area is 74.4 Å². The van der Waals surface area contributed by atoms with E-state index in [0.29, 0.717) is 5.41 Å². The maximum atomic E-state index is 2.45. The molecule has 0 spiro atoms. The molecule has 0 radical (unpaired) electrons. The maximum Gasteiger partial charge on any atom is -0.00112 e. The minimum atomic E-state index is 0.619. The zero-order chi connectivity index (χ0) is 8.34. The molecule has 0 N–H and O–H groups in total. The molecule has 64 valence electrons. The second-order valence-corrected chi connectivity index (χ2v) is 5.20. The first-order valence-corrected chi connectivity index (χ1v) is 5.08. The molecule has 2 bridgehead atoms. The van der Waals surface area contributed by atoms with Crippen LogP contribution in [0.15, 0.2) is 23.8 Å². The van der Waals surface area contributed by atoms with Crippen molar-refractivity contribution < 1.29 is 0 Å². The van der Waals surface area contributed by atoms with Crippen LogP contribution >= 0.6 is 0 Å². The summed E-state index contributed by atoms with van der Waals surface area (Å²) in [6.07, 6.45) is 9.91. The van der Waals surface area contributed by atoms with Crippen LogP contribution in [-0.2, 0) is 0 Å². The van der Waals surface area contributed by atoms with E-state index in [4.69, 9.17) is 0 Å². The van der Waals surface area contributed by atoms with Crippen molar-refractivity contribution in [3.63, 3.8) is 0 Å². The van der Waals surface area contributed by atoms with Gasteiger partial charge in [-0.05, 0) is 36.0 Å². The summed E-state index contributed by atoms with van der Waals surface area (Å²) in [5.41, 5.74) is 2.36. The number of hydrogen-bond donors (Lipinski definition) is 0. The van der Waals surface area contributed by atoms with E-state index in [1.807, 2.05) is 0 Å². The van der Waals surface area contributed by atoms with E-state index >= 15 is 0 Å². The van der Waals surface area contributed by atoms with E-state index < -0.39 is 0 Å². The molecule has 0 aromatic heterocycles. The van der Waals surface area contributed by atoms with Crippen LogP contribution < -0.4 is 0 Å². The third kappa shape index (κ3) is 0.608. The third-order valence-corrected chi connectivity index (χ3v) is 4.47. The number of hydrogen-bond acceptors (Lipinski definition) is 0. The Kier molecular flexibility index (Phi) is 1.08. The van der Waals surface area contributed by atoms with Crippen LogP contribution in [-0.4, -0.2) is 0 Å². The van der Waals surface area contributed by atoms with Crippen LogP contribution in [0.3, 0.4) is 0 Å². The molecular weight excluding hydrogens is 144 g/mol. The average Bonchev–Trinajstić information content (AvgIpc) is 2.49. The van der Waals surface area contributed by atoms with Gasteiger partial charge in [-0.25, -0.2) is 0 Å². The van der Waals surface area contributed by atoms with Gasteiger partial charge < -0.3 is 0 Å². The molecule has 12 heavy (non-hydrogen) atoms. The van der Waals surface area contributed by atoms with Gasteiger partial charge in [0.25, 0.3) is 0 Å². The molecule has 3 atom stereocenters. The van der Waals surface area contributed by atoms with Crippen LogP contribution in [0.2, 0.25) is 0 Å². The van der Waals surface area contributed by atoms with E-state index in [0.717, 1.165) is 17.8 Å². The highest BCUT2D eigenvalue weighted by molar-refractivity contribution is 5.36. The van der Waals surface area contributed by atoms with Crippen molar-refractivity contribution in [2.75, 3.05) is 0 Å². The fraction of sp³-hybridized carbons (Fsp3) is 0.667. The van der Waals surface area contributed by atoms with Gasteiger partial charge in [-0.2, -0.15) is 0 Å². The number of allylic oxidation sites excluding steroid dienone is 4. The van der Waals surface area contributed by atoms with Crippen LogP contribution in [0.4, 0.5) is 0 Å². The Hall–Kier alpha value is -0.520. The van der Waals surface area contributed by atoms with E-state index in [9.17, 15) is 0 Å². The molecule has 4 aliphatic carbocycles. The van der Waals surface area contributed by atoms with Crippen molar-refractivity contribution in [3.05, 3.63) is 23.8 Å². The van der Waals surface area contributed by atoms with Crippen molar-refractivity contribution in [1.82, 2.24) is 0 Å². The summed E-state index contributed by atoms with van der Waals surface area (Å²) >= 11 is 0. The highest BCUT2D eigenvalue weighted by atomic mass is 14.6. The smallest absolute Gasteiger partial charge is 0.00112 e. The molecular formula is C12H16. The zero-order valence-corrected chi connectivity index (χ0v) is 7.88. The largest absolute Gasteiger partial charge is 0.0773 e. The summed E-state index contributed by atoms with van der Waals surface area (Å²) in [5, 5.41) is 0. The third-order valence-electron chi connectivity index (χ3n) is 4.47. The van der Waals surface area contributed by atoms with Gasteiger partial charge in [0.1, 0.15) is 0 Å². The minimum absolute atomic E-state index is 0.619. The van der Waals surface area contributed by atoms with Gasteiger partial charge in [-0.15, -0.1) is 0 Å². The fourth-order valence-electron chi connectivity index (χ4n) is 3.41. The predicted molar refractivity (Wildman–Crippen MR) is 50.7 cm³/mol. The standard InChI is InChI=1S/C12H16/c1-12(2)9-6-8-4-3-5-10(8)11(12)7-9/h3-5,8-9,11H,6-7H2,1-2H3. The lowest BCUT2D eigenvalue weighted by Crippen LogP contribution is -2.51. The molecule has 0 aromatic carbocycles. The Bertz CT molecular complexity index is 280. The molecule has 0 aromatic rings. The second kappa shape index (κ2) is 1.86. The molecule has 0 aliphatic heterocycles. The van der Waals surface area contributed by atoms with E-state index in [1.165, 1.54) is 12.8 Å². The zero-order valence-electron chi connectivity index (χ0n) is 7.88. The fourth-order valence-corrected chi connectivity index (χ4v) is 3.41. The maximum absolute atomic E-state index is 2.45. The first-order valence-electron chi connectivity index (χ1n) is 5.08. The predicted octanol–water partition coefficient (Wildman–Crippen LogP) is 3.16. The second-order valence-electron chi connectivity index (χ2n) is 5.20. The molecule has 4 rings (SSSR count). The molecule has 3 saturated carbocycles. The first kappa shape index (κ1) is 6.94.